The van der Waals surface area contributed by atoms with Gasteiger partial charge in [-0.25, -0.2) is 0 Å². The van der Waals surface area contributed by atoms with E-state index in [1.54, 1.807) is 0 Å². The second kappa shape index (κ2) is 3.27. The van der Waals surface area contributed by atoms with Gasteiger partial charge in [0.15, 0.2) is 0 Å². The first kappa shape index (κ1) is 14.1. The van der Waals surface area contributed by atoms with Gasteiger partial charge in [-0.15, -0.1) is 0 Å². The summed E-state index contributed by atoms with van der Waals surface area (Å²) in [7, 11) is -11.0. The number of ether oxygens (including phenoxy) is 1. The molecule has 0 aliphatic heterocycles. The molecule has 0 fully saturated rings. The van der Waals surface area contributed by atoms with Gasteiger partial charge in [0.05, 0.1) is 7.11 Å². The Labute approximate surface area is 93.7 Å². The van der Waals surface area contributed by atoms with Gasteiger partial charge in [-0.1, -0.05) is 25.5 Å². The molecule has 0 aromatic heterocycles. The van der Waals surface area contributed by atoms with Crippen molar-refractivity contribution < 1.29 is 34.2 Å². The quantitative estimate of drug-likeness (QED) is 0.657. The highest BCUT2D eigenvalue weighted by atomic mass is 32.5. The largest absolute Gasteiger partial charge is 0.497 e. The van der Waals surface area contributed by atoms with Crippen LogP contribution in [0.3, 0.4) is 0 Å². The van der Waals surface area contributed by atoms with Crippen LogP contribution >= 0.6 is 10.2 Å². The van der Waals surface area contributed by atoms with Crippen LogP contribution in [0.1, 0.15) is 0 Å². The zero-order valence-corrected chi connectivity index (χ0v) is 9.23. The first-order chi connectivity index (χ1) is 7.35. The lowest BCUT2D eigenvalue weighted by atomic mass is 9.79. The van der Waals surface area contributed by atoms with Crippen molar-refractivity contribution >= 4 is 22.8 Å². The second-order valence-electron chi connectivity index (χ2n) is 3.25. The van der Waals surface area contributed by atoms with E-state index in [1.165, 1.54) is 0 Å². The van der Waals surface area contributed by atoms with E-state index in [-0.39, 0.29) is 12.1 Å². The molecule has 10 heteroatoms. The number of benzene rings is 1. The molecule has 0 bridgehead atoms. The summed E-state index contributed by atoms with van der Waals surface area (Å²) in [6.07, 6.45) is 0. The van der Waals surface area contributed by atoms with E-state index in [0.29, 0.717) is 6.07 Å². The summed E-state index contributed by atoms with van der Waals surface area (Å²) in [5.74, 6) is -0.675. The van der Waals surface area contributed by atoms with E-state index in [4.69, 9.17) is 10.0 Å². The SMILES string of the molecule is COc1cc(S(F)(F)(F)(F)F)ccc1B(O)O. The van der Waals surface area contributed by atoms with Crippen molar-refractivity contribution in [2.75, 3.05) is 7.11 Å². The molecule has 0 spiro atoms. The molecule has 17 heavy (non-hydrogen) atoms. The van der Waals surface area contributed by atoms with Crippen molar-refractivity contribution in [3.8, 4) is 5.75 Å². The Balaban J connectivity index is 3.45. The van der Waals surface area contributed by atoms with Crippen LogP contribution in [0, 0.1) is 0 Å². The lowest BCUT2D eigenvalue weighted by Gasteiger charge is -2.40. The summed E-state index contributed by atoms with van der Waals surface area (Å²) in [6.45, 7) is 0. The van der Waals surface area contributed by atoms with Crippen LogP contribution in [-0.2, 0) is 0 Å². The van der Waals surface area contributed by atoms with Crippen molar-refractivity contribution in [1.29, 1.82) is 0 Å². The summed E-state index contributed by atoms with van der Waals surface area (Å²) in [6, 6.07) is 0.645. The highest BCUT2D eigenvalue weighted by Gasteiger charge is 2.65. The Bertz CT molecular complexity index is 446. The molecular weight excluding hydrogens is 270 g/mol. The molecule has 0 saturated carbocycles. The van der Waals surface area contributed by atoms with Gasteiger partial charge >= 0.3 is 17.3 Å². The molecule has 0 amide bonds. The predicted molar refractivity (Wildman–Crippen MR) is 54.2 cm³/mol. The lowest BCUT2D eigenvalue weighted by molar-refractivity contribution is 0.360. The zero-order chi connectivity index (χ0) is 13.5. The minimum Gasteiger partial charge on any atom is -0.497 e. The fraction of sp³-hybridized carbons (Fsp3) is 0.143. The summed E-state index contributed by atoms with van der Waals surface area (Å²) >= 11 is 0. The first-order valence-corrected chi connectivity index (χ1v) is 6.08. The standard InChI is InChI=1S/C7H8BF5O3S/c1-16-7-4-5(17(9,10,11,12)13)2-3-6(7)8(14)15/h2-4,14-15H,1H3. The van der Waals surface area contributed by atoms with Crippen LogP contribution < -0.4 is 10.2 Å². The van der Waals surface area contributed by atoms with Gasteiger partial charge in [0.25, 0.3) is 0 Å². The fourth-order valence-corrected chi connectivity index (χ4v) is 1.80. The van der Waals surface area contributed by atoms with E-state index in [0.717, 1.165) is 7.11 Å². The number of hydrogen-bond acceptors (Lipinski definition) is 3. The average Bonchev–Trinajstić information content (AvgIpc) is 2.13. The van der Waals surface area contributed by atoms with Gasteiger partial charge < -0.3 is 14.8 Å². The molecule has 1 rings (SSSR count). The van der Waals surface area contributed by atoms with Crippen LogP contribution in [0.5, 0.6) is 5.75 Å². The van der Waals surface area contributed by atoms with Gasteiger partial charge in [0.2, 0.25) is 0 Å². The van der Waals surface area contributed by atoms with Gasteiger partial charge in [-0.2, -0.15) is 0 Å². The highest BCUT2D eigenvalue weighted by Crippen LogP contribution is 3.02. The lowest BCUT2D eigenvalue weighted by Crippen LogP contribution is -2.31. The molecule has 0 atom stereocenters. The van der Waals surface area contributed by atoms with Crippen molar-refractivity contribution in [3.05, 3.63) is 18.2 Å². The van der Waals surface area contributed by atoms with Crippen molar-refractivity contribution in [2.45, 2.75) is 4.90 Å². The van der Waals surface area contributed by atoms with Crippen molar-refractivity contribution in [1.82, 2.24) is 0 Å². The molecule has 0 aliphatic carbocycles. The maximum Gasteiger partial charge on any atom is 0.492 e. The molecular formula is C7H8BF5O3S. The number of halogens is 5. The Morgan fingerprint density at radius 1 is 1.12 bits per heavy atom. The summed E-state index contributed by atoms with van der Waals surface area (Å²) in [5.41, 5.74) is -0.432. The maximum absolute atomic E-state index is 12.4. The van der Waals surface area contributed by atoms with E-state index in [9.17, 15) is 19.4 Å². The Morgan fingerprint density at radius 2 is 1.65 bits per heavy atom. The van der Waals surface area contributed by atoms with Crippen molar-refractivity contribution in [3.63, 3.8) is 0 Å². The molecule has 0 heterocycles. The van der Waals surface area contributed by atoms with Crippen LogP contribution in [0.25, 0.3) is 0 Å². The fourth-order valence-electron chi connectivity index (χ4n) is 1.14. The first-order valence-electron chi connectivity index (χ1n) is 4.13. The van der Waals surface area contributed by atoms with E-state index < -0.39 is 33.5 Å². The summed E-state index contributed by atoms with van der Waals surface area (Å²) < 4.78 is 66.5. The predicted octanol–water partition coefficient (Wildman–Crippen LogP) is 2.03. The van der Waals surface area contributed by atoms with Crippen LogP contribution in [-0.4, -0.2) is 24.3 Å². The molecule has 0 saturated heterocycles. The third-order valence-electron chi connectivity index (χ3n) is 1.93. The summed E-state index contributed by atoms with van der Waals surface area (Å²) in [5, 5.41) is 17.5. The van der Waals surface area contributed by atoms with E-state index in [1.807, 2.05) is 0 Å². The van der Waals surface area contributed by atoms with E-state index in [2.05, 4.69) is 4.74 Å². The molecule has 0 radical (unpaired) electrons. The average molecular weight is 278 g/mol. The maximum atomic E-state index is 12.4. The number of hydrogen-bond donors (Lipinski definition) is 2. The van der Waals surface area contributed by atoms with Crippen LogP contribution in [0.4, 0.5) is 19.4 Å². The number of methoxy groups -OCH3 is 1. The molecule has 2 N–H and O–H groups in total. The third kappa shape index (κ3) is 3.24. The Morgan fingerprint density at radius 3 is 2.00 bits per heavy atom. The second-order valence-corrected chi connectivity index (χ2v) is 5.66. The third-order valence-corrected chi connectivity index (χ3v) is 3.07. The minimum atomic E-state index is -9.79. The molecule has 0 unspecified atom stereocenters. The minimum absolute atomic E-state index is 0.0380. The highest BCUT2D eigenvalue weighted by molar-refractivity contribution is 8.45. The summed E-state index contributed by atoms with van der Waals surface area (Å²) in [4.78, 5) is -2.15. The van der Waals surface area contributed by atoms with Gasteiger partial charge in [0.1, 0.15) is 10.6 Å². The molecule has 0 aliphatic rings. The Hall–Kier alpha value is -0.995. The van der Waals surface area contributed by atoms with Crippen LogP contribution in [0.2, 0.25) is 0 Å². The van der Waals surface area contributed by atoms with Gasteiger partial charge in [-0.3, -0.25) is 0 Å². The molecule has 1 aromatic carbocycles. The van der Waals surface area contributed by atoms with Crippen LogP contribution in [0.15, 0.2) is 23.1 Å². The Kier molecular flexibility index (Phi) is 2.71. The van der Waals surface area contributed by atoms with Gasteiger partial charge in [-0.05, 0) is 6.07 Å². The normalized spacial score (nSPS) is 16.0. The topological polar surface area (TPSA) is 49.7 Å². The molecule has 98 valence electrons. The zero-order valence-electron chi connectivity index (χ0n) is 8.41. The smallest absolute Gasteiger partial charge is 0.492 e. The van der Waals surface area contributed by atoms with E-state index >= 15 is 0 Å². The van der Waals surface area contributed by atoms with Crippen molar-refractivity contribution in [2.24, 2.45) is 0 Å². The van der Waals surface area contributed by atoms with Gasteiger partial charge in [0, 0.05) is 11.5 Å². The molecule has 1 aromatic rings. The number of rotatable bonds is 3. The molecule has 3 nitrogen and oxygen atoms in total. The monoisotopic (exact) mass is 278 g/mol.